The van der Waals surface area contributed by atoms with Crippen molar-refractivity contribution < 1.29 is 8.42 Å². The van der Waals surface area contributed by atoms with Gasteiger partial charge in [0.05, 0.1) is 0 Å². The zero-order valence-electron chi connectivity index (χ0n) is 10.6. The molecular weight excluding hydrogens is 244 g/mol. The minimum absolute atomic E-state index is 0.186. The van der Waals surface area contributed by atoms with Crippen molar-refractivity contribution in [3.63, 3.8) is 0 Å². The number of hydrazine groups is 1. The van der Waals surface area contributed by atoms with Crippen LogP contribution in [0.4, 0.5) is 0 Å². The van der Waals surface area contributed by atoms with Crippen molar-refractivity contribution in [3.8, 4) is 0 Å². The quantitative estimate of drug-likeness (QED) is 0.536. The summed E-state index contributed by atoms with van der Waals surface area (Å²) in [6.45, 7) is 6.46. The molecule has 0 aliphatic heterocycles. The first-order valence-corrected chi connectivity index (χ1v) is 8.46. The van der Waals surface area contributed by atoms with E-state index in [1.807, 2.05) is 11.8 Å². The number of hydrogen-bond donors (Lipinski definition) is 2. The minimum Gasteiger partial charge on any atom is -0.271 e. The van der Waals surface area contributed by atoms with Crippen molar-refractivity contribution >= 4 is 21.6 Å². The number of sulfone groups is 1. The van der Waals surface area contributed by atoms with Crippen LogP contribution in [-0.4, -0.2) is 37.0 Å². The molecule has 0 heterocycles. The fourth-order valence-electron chi connectivity index (χ4n) is 1.16. The summed E-state index contributed by atoms with van der Waals surface area (Å²) < 4.78 is 22.1. The molecule has 0 spiro atoms. The summed E-state index contributed by atoms with van der Waals surface area (Å²) in [6.07, 6.45) is 2.73. The molecule has 0 bridgehead atoms. The van der Waals surface area contributed by atoms with E-state index in [1.54, 1.807) is 0 Å². The smallest absolute Gasteiger partial charge is 0.147 e. The molecule has 0 rings (SSSR count). The summed E-state index contributed by atoms with van der Waals surface area (Å²) >= 11 is 1.83. The van der Waals surface area contributed by atoms with Crippen molar-refractivity contribution in [2.45, 2.75) is 44.4 Å². The fourth-order valence-corrected chi connectivity index (χ4v) is 2.81. The normalized spacial score (nSPS) is 15.1. The van der Waals surface area contributed by atoms with E-state index >= 15 is 0 Å². The lowest BCUT2D eigenvalue weighted by atomic mass is 10.2. The Morgan fingerprint density at radius 3 is 2.31 bits per heavy atom. The fraction of sp³-hybridized carbons (Fsp3) is 1.00. The molecule has 4 nitrogen and oxygen atoms in total. The summed E-state index contributed by atoms with van der Waals surface area (Å²) in [5, 5.41) is 0. The highest BCUT2D eigenvalue weighted by molar-refractivity contribution is 8.00. The first-order chi connectivity index (χ1) is 7.14. The van der Waals surface area contributed by atoms with Crippen molar-refractivity contribution in [1.82, 2.24) is 5.43 Å². The van der Waals surface area contributed by atoms with Crippen LogP contribution < -0.4 is 11.3 Å². The average molecular weight is 268 g/mol. The van der Waals surface area contributed by atoms with Crippen LogP contribution in [0.1, 0.15) is 33.6 Å². The van der Waals surface area contributed by atoms with Gasteiger partial charge in [-0.2, -0.15) is 11.8 Å². The van der Waals surface area contributed by atoms with E-state index in [4.69, 9.17) is 5.84 Å². The van der Waals surface area contributed by atoms with Gasteiger partial charge in [-0.25, -0.2) is 8.42 Å². The van der Waals surface area contributed by atoms with Crippen molar-refractivity contribution in [3.05, 3.63) is 0 Å². The highest BCUT2D eigenvalue weighted by Crippen LogP contribution is 2.24. The van der Waals surface area contributed by atoms with Gasteiger partial charge in [-0.15, -0.1) is 0 Å². The van der Waals surface area contributed by atoms with E-state index in [-0.39, 0.29) is 16.5 Å². The van der Waals surface area contributed by atoms with Gasteiger partial charge in [0, 0.05) is 28.6 Å². The second kappa shape index (κ2) is 6.83. The van der Waals surface area contributed by atoms with Crippen LogP contribution in [0.25, 0.3) is 0 Å². The van der Waals surface area contributed by atoms with E-state index in [2.05, 4.69) is 26.2 Å². The molecule has 0 fully saturated rings. The molecule has 6 heteroatoms. The van der Waals surface area contributed by atoms with E-state index < -0.39 is 9.84 Å². The first-order valence-electron chi connectivity index (χ1n) is 5.42. The predicted octanol–water partition coefficient (Wildman–Crippen LogP) is 1.17. The minimum atomic E-state index is -2.85. The SMILES string of the molecule is CC(C)(C)SCC(CCCS(C)(=O)=O)NN. The Labute approximate surface area is 104 Å². The lowest BCUT2D eigenvalue weighted by Gasteiger charge is -2.22. The predicted molar refractivity (Wildman–Crippen MR) is 72.3 cm³/mol. The summed E-state index contributed by atoms with van der Waals surface area (Å²) in [5.74, 6) is 6.59. The number of hydrogen-bond acceptors (Lipinski definition) is 5. The standard InChI is InChI=1S/C10H24N2O2S2/c1-10(2,3)15-8-9(12-11)6-5-7-16(4,13)14/h9,12H,5-8,11H2,1-4H3. The Bertz CT molecular complexity index is 284. The van der Waals surface area contributed by atoms with Gasteiger partial charge in [-0.3, -0.25) is 11.3 Å². The highest BCUT2D eigenvalue weighted by Gasteiger charge is 2.15. The number of rotatable bonds is 7. The molecule has 0 saturated carbocycles. The van der Waals surface area contributed by atoms with E-state index in [1.165, 1.54) is 6.26 Å². The summed E-state index contributed by atoms with van der Waals surface area (Å²) in [4.78, 5) is 0. The molecule has 0 radical (unpaired) electrons. The molecule has 0 aliphatic carbocycles. The Balaban J connectivity index is 3.85. The third kappa shape index (κ3) is 10.7. The van der Waals surface area contributed by atoms with Crippen LogP contribution >= 0.6 is 11.8 Å². The van der Waals surface area contributed by atoms with Gasteiger partial charge in [-0.05, 0) is 12.8 Å². The Morgan fingerprint density at radius 2 is 1.94 bits per heavy atom. The molecule has 0 aliphatic rings. The molecule has 0 aromatic carbocycles. The van der Waals surface area contributed by atoms with E-state index in [0.717, 1.165) is 12.2 Å². The van der Waals surface area contributed by atoms with Crippen LogP contribution in [0.15, 0.2) is 0 Å². The Kier molecular flexibility index (Phi) is 6.93. The molecule has 0 aromatic heterocycles. The van der Waals surface area contributed by atoms with Crippen LogP contribution in [0, 0.1) is 0 Å². The summed E-state index contributed by atoms with van der Waals surface area (Å²) in [7, 11) is -2.85. The van der Waals surface area contributed by atoms with Crippen LogP contribution in [-0.2, 0) is 9.84 Å². The molecule has 16 heavy (non-hydrogen) atoms. The van der Waals surface area contributed by atoms with E-state index in [0.29, 0.717) is 6.42 Å². The number of nitrogens with two attached hydrogens (primary N) is 1. The zero-order chi connectivity index (χ0) is 12.8. The molecule has 1 atom stereocenters. The molecule has 0 aromatic rings. The average Bonchev–Trinajstić information content (AvgIpc) is 2.07. The van der Waals surface area contributed by atoms with Gasteiger partial charge < -0.3 is 0 Å². The van der Waals surface area contributed by atoms with Crippen molar-refractivity contribution in [2.24, 2.45) is 5.84 Å². The van der Waals surface area contributed by atoms with Crippen LogP contribution in [0.3, 0.4) is 0 Å². The number of thioether (sulfide) groups is 1. The van der Waals surface area contributed by atoms with Gasteiger partial charge in [0.1, 0.15) is 9.84 Å². The lowest BCUT2D eigenvalue weighted by Crippen LogP contribution is -2.38. The molecular formula is C10H24N2O2S2. The van der Waals surface area contributed by atoms with Gasteiger partial charge in [0.25, 0.3) is 0 Å². The lowest BCUT2D eigenvalue weighted by molar-refractivity contribution is 0.527. The highest BCUT2D eigenvalue weighted by atomic mass is 32.2. The van der Waals surface area contributed by atoms with Crippen LogP contribution in [0.2, 0.25) is 0 Å². The van der Waals surface area contributed by atoms with Gasteiger partial charge in [0.15, 0.2) is 0 Å². The van der Waals surface area contributed by atoms with Crippen molar-refractivity contribution in [2.75, 3.05) is 17.8 Å². The summed E-state index contributed by atoms with van der Waals surface area (Å²) in [5.41, 5.74) is 2.75. The van der Waals surface area contributed by atoms with Crippen LogP contribution in [0.5, 0.6) is 0 Å². The molecule has 98 valence electrons. The van der Waals surface area contributed by atoms with Gasteiger partial charge >= 0.3 is 0 Å². The topological polar surface area (TPSA) is 72.2 Å². The third-order valence-electron chi connectivity index (χ3n) is 2.02. The maximum atomic E-state index is 11.0. The maximum absolute atomic E-state index is 11.0. The molecule has 1 unspecified atom stereocenters. The first kappa shape index (κ1) is 16.2. The molecule has 0 amide bonds. The second-order valence-corrected chi connectivity index (χ2v) is 9.17. The molecule has 0 saturated heterocycles. The largest absolute Gasteiger partial charge is 0.271 e. The monoisotopic (exact) mass is 268 g/mol. The second-order valence-electron chi connectivity index (χ2n) is 5.06. The zero-order valence-corrected chi connectivity index (χ0v) is 12.2. The van der Waals surface area contributed by atoms with Gasteiger partial charge in [-0.1, -0.05) is 20.8 Å². The van der Waals surface area contributed by atoms with E-state index in [9.17, 15) is 8.42 Å². The Hall–Kier alpha value is 0.220. The van der Waals surface area contributed by atoms with Gasteiger partial charge in [0.2, 0.25) is 0 Å². The van der Waals surface area contributed by atoms with Crippen molar-refractivity contribution in [1.29, 1.82) is 0 Å². The molecule has 3 N–H and O–H groups in total. The maximum Gasteiger partial charge on any atom is 0.147 e. The Morgan fingerprint density at radius 1 is 1.38 bits per heavy atom. The summed E-state index contributed by atoms with van der Waals surface area (Å²) in [6, 6.07) is 0.186. The third-order valence-corrected chi connectivity index (χ3v) is 4.49. The number of nitrogens with one attached hydrogen (secondary N) is 1.